The van der Waals surface area contributed by atoms with Crippen LogP contribution in [0.2, 0.25) is 0 Å². The summed E-state index contributed by atoms with van der Waals surface area (Å²) < 4.78 is 24.3. The monoisotopic (exact) mass is 312 g/mol. The molecular weight excluding hydrogens is 299 g/mol. The standard InChI is InChI=1S/C12H13FN4O3S/c1-19-7-4-6(11(15)18)9(8(13)10(7)20-2)17-12(21-3)16-5-14/h4H,1-3H3,(H2,15,18)(H,16,17). The van der Waals surface area contributed by atoms with Crippen LogP contribution in [0.3, 0.4) is 0 Å². The van der Waals surface area contributed by atoms with Gasteiger partial charge in [0.25, 0.3) is 5.91 Å². The molecule has 0 aliphatic rings. The number of thioether (sulfide) groups is 1. The summed E-state index contributed by atoms with van der Waals surface area (Å²) in [6.45, 7) is 0. The highest BCUT2D eigenvalue weighted by Gasteiger charge is 2.22. The smallest absolute Gasteiger partial charge is 0.251 e. The van der Waals surface area contributed by atoms with Crippen molar-refractivity contribution in [3.8, 4) is 17.7 Å². The Morgan fingerprint density at radius 1 is 1.52 bits per heavy atom. The number of rotatable bonds is 4. The number of nitrogens with two attached hydrogens (primary N) is 1. The van der Waals surface area contributed by atoms with Crippen molar-refractivity contribution in [2.24, 2.45) is 10.7 Å². The van der Waals surface area contributed by atoms with Gasteiger partial charge in [0.1, 0.15) is 5.69 Å². The van der Waals surface area contributed by atoms with Gasteiger partial charge in [-0.1, -0.05) is 11.8 Å². The molecule has 3 N–H and O–H groups in total. The van der Waals surface area contributed by atoms with Gasteiger partial charge in [0, 0.05) is 0 Å². The van der Waals surface area contributed by atoms with Crippen LogP contribution in [0, 0.1) is 17.3 Å². The predicted octanol–water partition coefficient (Wildman–Crippen LogP) is 1.36. The Morgan fingerprint density at radius 2 is 2.19 bits per heavy atom. The third-order valence-electron chi connectivity index (χ3n) is 2.42. The molecule has 0 aliphatic heterocycles. The Kier molecular flexibility index (Phi) is 5.80. The Balaban J connectivity index is 3.62. The summed E-state index contributed by atoms with van der Waals surface area (Å²) in [5, 5.41) is 11.0. The Morgan fingerprint density at radius 3 is 2.62 bits per heavy atom. The van der Waals surface area contributed by atoms with Gasteiger partial charge in [-0.25, -0.2) is 9.38 Å². The van der Waals surface area contributed by atoms with Crippen molar-refractivity contribution < 1.29 is 18.7 Å². The Bertz CT molecular complexity index is 628. The molecule has 0 radical (unpaired) electrons. The maximum atomic E-state index is 14.4. The van der Waals surface area contributed by atoms with E-state index in [-0.39, 0.29) is 27.9 Å². The molecule has 0 unspecified atom stereocenters. The van der Waals surface area contributed by atoms with Gasteiger partial charge in [0.2, 0.25) is 0 Å². The summed E-state index contributed by atoms with van der Waals surface area (Å²) in [5.74, 6) is -1.98. The predicted molar refractivity (Wildman–Crippen MR) is 77.4 cm³/mol. The molecule has 112 valence electrons. The minimum atomic E-state index is -0.906. The van der Waals surface area contributed by atoms with E-state index < -0.39 is 11.7 Å². The molecule has 0 fully saturated rings. The van der Waals surface area contributed by atoms with Crippen molar-refractivity contribution in [3.05, 3.63) is 17.4 Å². The molecule has 1 aromatic rings. The topological polar surface area (TPSA) is 110 Å². The van der Waals surface area contributed by atoms with Crippen molar-refractivity contribution >= 4 is 28.5 Å². The highest BCUT2D eigenvalue weighted by molar-refractivity contribution is 8.13. The number of nitrogens with one attached hydrogen (secondary N) is 1. The summed E-state index contributed by atoms with van der Waals surface area (Å²) >= 11 is 1.07. The number of amides is 1. The van der Waals surface area contributed by atoms with Crippen molar-refractivity contribution in [3.63, 3.8) is 0 Å². The molecule has 0 atom stereocenters. The molecule has 0 saturated heterocycles. The zero-order chi connectivity index (χ0) is 16.0. The van der Waals surface area contributed by atoms with Crippen molar-refractivity contribution in [1.82, 2.24) is 5.32 Å². The number of carbonyl (C=O) groups is 1. The second kappa shape index (κ2) is 7.35. The number of nitrogens with zero attached hydrogens (tertiary/aromatic N) is 2. The van der Waals surface area contributed by atoms with Crippen molar-refractivity contribution in [1.29, 1.82) is 5.26 Å². The van der Waals surface area contributed by atoms with Gasteiger partial charge in [-0.05, 0) is 12.3 Å². The van der Waals surface area contributed by atoms with Crippen LogP contribution in [-0.2, 0) is 0 Å². The number of aliphatic imine (C=N–C) groups is 1. The van der Waals surface area contributed by atoms with E-state index in [2.05, 4.69) is 10.3 Å². The fourth-order valence-corrected chi connectivity index (χ4v) is 1.84. The molecule has 21 heavy (non-hydrogen) atoms. The van der Waals surface area contributed by atoms with E-state index in [4.69, 9.17) is 20.5 Å². The lowest BCUT2D eigenvalue weighted by atomic mass is 10.1. The first-order chi connectivity index (χ1) is 9.99. The van der Waals surface area contributed by atoms with Crippen molar-refractivity contribution in [2.45, 2.75) is 0 Å². The molecule has 0 spiro atoms. The second-order valence-electron chi connectivity index (χ2n) is 3.54. The van der Waals surface area contributed by atoms with E-state index in [0.29, 0.717) is 0 Å². The SMILES string of the molecule is COc1cc(C(N)=O)c(N=C(NC#N)SC)c(F)c1OC. The van der Waals surface area contributed by atoms with Crippen LogP contribution < -0.4 is 20.5 Å². The zero-order valence-corrected chi connectivity index (χ0v) is 12.4. The number of primary amides is 1. The van der Waals surface area contributed by atoms with Gasteiger partial charge in [0.05, 0.1) is 19.8 Å². The lowest BCUT2D eigenvalue weighted by Gasteiger charge is -2.13. The number of nitriles is 1. The lowest BCUT2D eigenvalue weighted by molar-refractivity contribution is 0.1000. The molecule has 0 bridgehead atoms. The van der Waals surface area contributed by atoms with Crippen molar-refractivity contribution in [2.75, 3.05) is 20.5 Å². The zero-order valence-electron chi connectivity index (χ0n) is 11.6. The maximum Gasteiger partial charge on any atom is 0.251 e. The maximum absolute atomic E-state index is 14.4. The molecule has 1 rings (SSSR count). The minimum Gasteiger partial charge on any atom is -0.493 e. The molecule has 1 amide bonds. The van der Waals surface area contributed by atoms with Gasteiger partial charge in [-0.3, -0.25) is 10.1 Å². The summed E-state index contributed by atoms with van der Waals surface area (Å²) in [5.41, 5.74) is 4.72. The lowest BCUT2D eigenvalue weighted by Crippen LogP contribution is -2.16. The van der Waals surface area contributed by atoms with E-state index in [0.717, 1.165) is 11.8 Å². The molecule has 0 saturated carbocycles. The van der Waals surface area contributed by atoms with Gasteiger partial charge in [-0.15, -0.1) is 0 Å². The number of hydrogen-bond donors (Lipinski definition) is 2. The van der Waals surface area contributed by atoms with Crippen LogP contribution >= 0.6 is 11.8 Å². The van der Waals surface area contributed by atoms with E-state index in [1.54, 1.807) is 12.4 Å². The number of hydrogen-bond acceptors (Lipinski definition) is 6. The van der Waals surface area contributed by atoms with Crippen LogP contribution in [0.25, 0.3) is 0 Å². The minimum absolute atomic E-state index is 0.0155. The average molecular weight is 312 g/mol. The normalized spacial score (nSPS) is 10.7. The highest BCUT2D eigenvalue weighted by Crippen LogP contribution is 2.39. The largest absolute Gasteiger partial charge is 0.493 e. The van der Waals surface area contributed by atoms with E-state index in [9.17, 15) is 9.18 Å². The van der Waals surface area contributed by atoms with Crippen LogP contribution in [0.15, 0.2) is 11.1 Å². The number of methoxy groups -OCH3 is 2. The second-order valence-corrected chi connectivity index (χ2v) is 4.34. The fourth-order valence-electron chi connectivity index (χ4n) is 1.51. The van der Waals surface area contributed by atoms with Crippen LogP contribution in [-0.4, -0.2) is 31.6 Å². The molecule has 0 aromatic heterocycles. The summed E-state index contributed by atoms with van der Waals surface area (Å²) in [6, 6.07) is 1.23. The van der Waals surface area contributed by atoms with Gasteiger partial charge >= 0.3 is 0 Å². The Labute approximate surface area is 124 Å². The molecule has 0 aliphatic carbocycles. The molecule has 9 heteroatoms. The number of amidine groups is 1. The molecule has 0 heterocycles. The number of benzene rings is 1. The number of ether oxygens (including phenoxy) is 2. The third-order valence-corrected chi connectivity index (χ3v) is 3.00. The summed E-state index contributed by atoms with van der Waals surface area (Å²) in [4.78, 5) is 15.4. The first-order valence-electron chi connectivity index (χ1n) is 5.52. The number of carbonyl (C=O) groups excluding carboxylic acids is 1. The third kappa shape index (κ3) is 3.55. The van der Waals surface area contributed by atoms with Crippen LogP contribution in [0.4, 0.5) is 10.1 Å². The quantitative estimate of drug-likeness (QED) is 0.376. The number of halogens is 1. The average Bonchev–Trinajstić information content (AvgIpc) is 2.47. The molecule has 1 aromatic carbocycles. The van der Waals surface area contributed by atoms with Gasteiger partial charge < -0.3 is 15.2 Å². The van der Waals surface area contributed by atoms with Crippen LogP contribution in [0.1, 0.15) is 10.4 Å². The first-order valence-corrected chi connectivity index (χ1v) is 6.74. The summed E-state index contributed by atoms with van der Waals surface area (Å²) in [6.07, 6.45) is 3.29. The van der Waals surface area contributed by atoms with E-state index >= 15 is 0 Å². The van der Waals surface area contributed by atoms with E-state index in [1.807, 2.05) is 0 Å². The molecule has 7 nitrogen and oxygen atoms in total. The molecular formula is C12H13FN4O3S. The van der Waals surface area contributed by atoms with E-state index in [1.165, 1.54) is 20.3 Å². The fraction of sp³-hybridized carbons (Fsp3) is 0.250. The highest BCUT2D eigenvalue weighted by atomic mass is 32.2. The van der Waals surface area contributed by atoms with Gasteiger partial charge in [-0.2, -0.15) is 5.26 Å². The Hall–Kier alpha value is -2.47. The van der Waals surface area contributed by atoms with Crippen LogP contribution in [0.5, 0.6) is 11.5 Å². The summed E-state index contributed by atoms with van der Waals surface area (Å²) in [7, 11) is 2.55. The first kappa shape index (κ1) is 16.6. The van der Waals surface area contributed by atoms with Gasteiger partial charge in [0.15, 0.2) is 28.7 Å².